The van der Waals surface area contributed by atoms with Gasteiger partial charge in [0.1, 0.15) is 12.3 Å². The van der Waals surface area contributed by atoms with Crippen LogP contribution in [0.1, 0.15) is 18.4 Å². The van der Waals surface area contributed by atoms with Crippen molar-refractivity contribution in [1.29, 1.82) is 5.26 Å². The summed E-state index contributed by atoms with van der Waals surface area (Å²) in [6, 6.07) is 3.71. The molecule has 1 aliphatic heterocycles. The van der Waals surface area contributed by atoms with Gasteiger partial charge in [-0.1, -0.05) is 0 Å². The molecule has 7 heteroatoms. The van der Waals surface area contributed by atoms with Gasteiger partial charge in [0.25, 0.3) is 0 Å². The van der Waals surface area contributed by atoms with Crippen LogP contribution in [-0.2, 0) is 9.53 Å². The number of rotatable bonds is 4. The highest BCUT2D eigenvalue weighted by molar-refractivity contribution is 5.68. The number of piperidine rings is 1. The van der Waals surface area contributed by atoms with Crippen LogP contribution in [0.15, 0.2) is 12.1 Å². The number of anilines is 1. The molecule has 0 spiro atoms. The van der Waals surface area contributed by atoms with Crippen molar-refractivity contribution in [3.8, 4) is 6.07 Å². The normalized spacial score (nSPS) is 15.8. The Hall–Kier alpha value is -2.20. The van der Waals surface area contributed by atoms with E-state index in [0.717, 1.165) is 12.1 Å². The highest BCUT2D eigenvalue weighted by atomic mass is 19.1. The number of carboxylic acids is 1. The molecular weight excluding hydrogens is 282 g/mol. The summed E-state index contributed by atoms with van der Waals surface area (Å²) < 4.78 is 33.0. The second kappa shape index (κ2) is 6.50. The number of aliphatic carboxylic acids is 1. The lowest BCUT2D eigenvalue weighted by Crippen LogP contribution is -2.38. The summed E-state index contributed by atoms with van der Waals surface area (Å²) in [7, 11) is 0. The van der Waals surface area contributed by atoms with Crippen LogP contribution < -0.4 is 4.90 Å². The van der Waals surface area contributed by atoms with Crippen LogP contribution in [0.25, 0.3) is 0 Å². The summed E-state index contributed by atoms with van der Waals surface area (Å²) >= 11 is 0. The van der Waals surface area contributed by atoms with Crippen molar-refractivity contribution in [2.24, 2.45) is 0 Å². The number of carbonyl (C=O) groups is 1. The zero-order chi connectivity index (χ0) is 15.4. The maximum absolute atomic E-state index is 13.9. The van der Waals surface area contributed by atoms with Crippen molar-refractivity contribution in [3.05, 3.63) is 29.3 Å². The van der Waals surface area contributed by atoms with Gasteiger partial charge < -0.3 is 14.7 Å². The van der Waals surface area contributed by atoms with E-state index < -0.39 is 17.6 Å². The molecule has 0 amide bonds. The minimum Gasteiger partial charge on any atom is -0.480 e. The van der Waals surface area contributed by atoms with Crippen molar-refractivity contribution >= 4 is 11.7 Å². The Morgan fingerprint density at radius 3 is 2.43 bits per heavy atom. The van der Waals surface area contributed by atoms with E-state index in [1.807, 2.05) is 0 Å². The molecular formula is C14H14F2N2O3. The molecule has 0 aromatic heterocycles. The number of hydrogen-bond donors (Lipinski definition) is 1. The minimum atomic E-state index is -1.04. The second-order valence-electron chi connectivity index (χ2n) is 4.79. The summed E-state index contributed by atoms with van der Waals surface area (Å²) in [6.45, 7) is 0.359. The molecule has 0 aliphatic carbocycles. The minimum absolute atomic E-state index is 0.0616. The van der Waals surface area contributed by atoms with E-state index in [2.05, 4.69) is 0 Å². The van der Waals surface area contributed by atoms with Gasteiger partial charge in [0.15, 0.2) is 11.6 Å². The number of halogens is 2. The lowest BCUT2D eigenvalue weighted by molar-refractivity contribution is -0.144. The quantitative estimate of drug-likeness (QED) is 0.918. The largest absolute Gasteiger partial charge is 0.480 e. The van der Waals surface area contributed by atoms with Gasteiger partial charge in [-0.25, -0.2) is 13.6 Å². The van der Waals surface area contributed by atoms with Crippen LogP contribution >= 0.6 is 0 Å². The van der Waals surface area contributed by atoms with Crippen molar-refractivity contribution in [2.75, 3.05) is 24.6 Å². The van der Waals surface area contributed by atoms with Gasteiger partial charge in [-0.2, -0.15) is 5.26 Å². The second-order valence-corrected chi connectivity index (χ2v) is 4.79. The maximum atomic E-state index is 13.9. The van der Waals surface area contributed by atoms with Crippen molar-refractivity contribution in [2.45, 2.75) is 18.9 Å². The van der Waals surface area contributed by atoms with Gasteiger partial charge in [0.2, 0.25) is 0 Å². The first-order valence-electron chi connectivity index (χ1n) is 6.48. The molecule has 1 N–H and O–H groups in total. The molecule has 112 valence electrons. The van der Waals surface area contributed by atoms with Gasteiger partial charge >= 0.3 is 5.97 Å². The highest BCUT2D eigenvalue weighted by Gasteiger charge is 2.25. The maximum Gasteiger partial charge on any atom is 0.329 e. The number of nitriles is 1. The average Bonchev–Trinajstić information content (AvgIpc) is 2.45. The van der Waals surface area contributed by atoms with Crippen LogP contribution in [0.4, 0.5) is 14.5 Å². The Balaban J connectivity index is 2.03. The lowest BCUT2D eigenvalue weighted by Gasteiger charge is -2.33. The molecule has 1 fully saturated rings. The van der Waals surface area contributed by atoms with E-state index >= 15 is 0 Å². The zero-order valence-corrected chi connectivity index (χ0v) is 11.2. The van der Waals surface area contributed by atoms with Gasteiger partial charge in [-0.15, -0.1) is 0 Å². The van der Waals surface area contributed by atoms with Gasteiger partial charge in [0, 0.05) is 13.1 Å². The fourth-order valence-electron chi connectivity index (χ4n) is 2.37. The zero-order valence-electron chi connectivity index (χ0n) is 11.2. The molecule has 1 aliphatic rings. The van der Waals surface area contributed by atoms with E-state index in [1.54, 1.807) is 11.0 Å². The number of carboxylic acid groups (broad SMARTS) is 1. The SMILES string of the molecule is N#Cc1cc(F)c(N2CCC(OCC(=O)O)CC2)c(F)c1. The predicted octanol–water partition coefficient (Wildman–Crippen LogP) is 1.91. The fourth-order valence-corrected chi connectivity index (χ4v) is 2.37. The number of hydrogen-bond acceptors (Lipinski definition) is 4. The topological polar surface area (TPSA) is 73.6 Å². The predicted molar refractivity (Wildman–Crippen MR) is 69.9 cm³/mol. The molecule has 0 saturated carbocycles. The molecule has 0 atom stereocenters. The van der Waals surface area contributed by atoms with Gasteiger partial charge in [-0.05, 0) is 25.0 Å². The number of ether oxygens (including phenoxy) is 1. The number of nitrogens with zero attached hydrogens (tertiary/aromatic N) is 2. The molecule has 21 heavy (non-hydrogen) atoms. The van der Waals surface area contributed by atoms with Crippen LogP contribution in [-0.4, -0.2) is 36.9 Å². The smallest absolute Gasteiger partial charge is 0.329 e. The molecule has 1 aromatic carbocycles. The van der Waals surface area contributed by atoms with Crippen molar-refractivity contribution < 1.29 is 23.4 Å². The van der Waals surface area contributed by atoms with Gasteiger partial charge in [-0.3, -0.25) is 0 Å². The molecule has 5 nitrogen and oxygen atoms in total. The summed E-state index contributed by atoms with van der Waals surface area (Å²) in [6.07, 6.45) is 0.764. The van der Waals surface area contributed by atoms with Crippen LogP contribution in [0.3, 0.4) is 0 Å². The summed E-state index contributed by atoms with van der Waals surface area (Å²) in [4.78, 5) is 12.0. The summed E-state index contributed by atoms with van der Waals surface area (Å²) in [5.41, 5.74) is -0.209. The lowest BCUT2D eigenvalue weighted by atomic mass is 10.1. The van der Waals surface area contributed by atoms with E-state index in [9.17, 15) is 13.6 Å². The summed E-state index contributed by atoms with van der Waals surface area (Å²) in [5, 5.41) is 17.2. The Morgan fingerprint density at radius 1 is 1.38 bits per heavy atom. The first kappa shape index (κ1) is 15.2. The summed E-state index contributed by atoms with van der Waals surface area (Å²) in [5.74, 6) is -2.57. The van der Waals surface area contributed by atoms with E-state index in [-0.39, 0.29) is 24.0 Å². The molecule has 0 radical (unpaired) electrons. The van der Waals surface area contributed by atoms with E-state index in [1.165, 1.54) is 0 Å². The Labute approximate surface area is 120 Å². The molecule has 1 saturated heterocycles. The third kappa shape index (κ3) is 3.67. The van der Waals surface area contributed by atoms with Crippen LogP contribution in [0.2, 0.25) is 0 Å². The van der Waals surface area contributed by atoms with Crippen molar-refractivity contribution in [1.82, 2.24) is 0 Å². The average molecular weight is 296 g/mol. The molecule has 0 bridgehead atoms. The molecule has 1 aromatic rings. The van der Waals surface area contributed by atoms with Crippen molar-refractivity contribution in [3.63, 3.8) is 0 Å². The fraction of sp³-hybridized carbons (Fsp3) is 0.429. The Kier molecular flexibility index (Phi) is 4.70. The number of benzene rings is 1. The monoisotopic (exact) mass is 296 g/mol. The highest BCUT2D eigenvalue weighted by Crippen LogP contribution is 2.28. The van der Waals surface area contributed by atoms with Crippen LogP contribution in [0, 0.1) is 23.0 Å². The molecule has 2 rings (SSSR count). The van der Waals surface area contributed by atoms with Gasteiger partial charge in [0.05, 0.1) is 17.7 Å². The van der Waals surface area contributed by atoms with E-state index in [0.29, 0.717) is 25.9 Å². The van der Waals surface area contributed by atoms with Crippen LogP contribution in [0.5, 0.6) is 0 Å². The first-order chi connectivity index (χ1) is 10.0. The molecule has 0 unspecified atom stereocenters. The third-order valence-electron chi connectivity index (χ3n) is 3.35. The Bertz CT molecular complexity index is 555. The Morgan fingerprint density at radius 2 is 1.95 bits per heavy atom. The standard InChI is InChI=1S/C14H14F2N2O3/c15-11-5-9(7-17)6-12(16)14(11)18-3-1-10(2-4-18)21-8-13(19)20/h5-6,10H,1-4,8H2,(H,19,20). The first-order valence-corrected chi connectivity index (χ1v) is 6.48. The van der Waals surface area contributed by atoms with E-state index in [4.69, 9.17) is 15.1 Å². The third-order valence-corrected chi connectivity index (χ3v) is 3.35. The molecule has 1 heterocycles.